The Hall–Kier alpha value is -1.92. The van der Waals surface area contributed by atoms with Crippen LogP contribution in [0.3, 0.4) is 0 Å². The third-order valence-electron chi connectivity index (χ3n) is 3.84. The molecule has 0 aromatic rings. The number of halogens is 5. The highest BCUT2D eigenvalue weighted by Gasteiger charge is 2.74. The van der Waals surface area contributed by atoms with Crippen LogP contribution < -0.4 is 0 Å². The molecule has 142 valence electrons. The Morgan fingerprint density at radius 2 is 1.96 bits per heavy atom. The van der Waals surface area contributed by atoms with Crippen molar-refractivity contribution in [2.45, 2.75) is 30.5 Å². The minimum atomic E-state index is -5.15. The molecule has 0 saturated heterocycles. The number of alkyl halides is 5. The van der Waals surface area contributed by atoms with E-state index in [0.717, 1.165) is 17.3 Å². The number of aliphatic hydroxyl groups excluding tert-OH is 1. The van der Waals surface area contributed by atoms with Gasteiger partial charge < -0.3 is 5.11 Å². The van der Waals surface area contributed by atoms with Crippen molar-refractivity contribution in [3.63, 3.8) is 0 Å². The molecular weight excluding hydrogens is 383 g/mol. The average molecular weight is 396 g/mol. The first-order valence-electron chi connectivity index (χ1n) is 7.28. The Morgan fingerprint density at radius 3 is 2.65 bits per heavy atom. The van der Waals surface area contributed by atoms with Gasteiger partial charge in [-0.15, -0.1) is 12.6 Å². The molecule has 3 aliphatic rings. The number of hydrogen-bond donors (Lipinski definition) is 2. The van der Waals surface area contributed by atoms with Crippen molar-refractivity contribution in [1.82, 2.24) is 9.96 Å². The van der Waals surface area contributed by atoms with E-state index < -0.39 is 41.9 Å². The second kappa shape index (κ2) is 6.35. The zero-order valence-electron chi connectivity index (χ0n) is 12.9. The summed E-state index contributed by atoms with van der Waals surface area (Å²) in [7, 11) is 0. The summed E-state index contributed by atoms with van der Waals surface area (Å²) in [5.74, 6) is -13.9. The number of allylic oxidation sites excluding steroid dienone is 2. The number of hydroxylamine groups is 2. The normalized spacial score (nSPS) is 32.5. The largest absolute Gasteiger partial charge is 0.374 e. The molecule has 1 N–H and O–H groups in total. The summed E-state index contributed by atoms with van der Waals surface area (Å²) >= 11 is 3.56. The van der Waals surface area contributed by atoms with E-state index in [9.17, 15) is 27.1 Å². The van der Waals surface area contributed by atoms with Gasteiger partial charge in [0.25, 0.3) is 0 Å². The molecular formula is C14H13F5N4O2S. The zero-order chi connectivity index (χ0) is 19.2. The highest BCUT2D eigenvalue weighted by molar-refractivity contribution is 7.84. The van der Waals surface area contributed by atoms with Gasteiger partial charge in [-0.3, -0.25) is 4.90 Å². The fourth-order valence-corrected chi connectivity index (χ4v) is 2.68. The average Bonchev–Trinajstić information content (AvgIpc) is 2.59. The van der Waals surface area contributed by atoms with E-state index in [0.29, 0.717) is 11.1 Å². The quantitative estimate of drug-likeness (QED) is 0.556. The van der Waals surface area contributed by atoms with Crippen molar-refractivity contribution in [2.75, 3.05) is 6.54 Å². The van der Waals surface area contributed by atoms with E-state index in [1.165, 1.54) is 18.5 Å². The maximum absolute atomic E-state index is 14.9. The van der Waals surface area contributed by atoms with Crippen LogP contribution in [0.25, 0.3) is 0 Å². The van der Waals surface area contributed by atoms with Gasteiger partial charge >= 0.3 is 17.7 Å². The van der Waals surface area contributed by atoms with Crippen LogP contribution in [-0.4, -0.2) is 57.7 Å². The second-order valence-corrected chi connectivity index (χ2v) is 6.05. The van der Waals surface area contributed by atoms with Gasteiger partial charge in [-0.25, -0.2) is 19.9 Å². The van der Waals surface area contributed by atoms with Crippen LogP contribution in [0.5, 0.6) is 0 Å². The molecule has 2 unspecified atom stereocenters. The number of amidine groups is 1. The summed E-state index contributed by atoms with van der Waals surface area (Å²) < 4.78 is 70.1. The maximum Gasteiger partial charge on any atom is 0.374 e. The summed E-state index contributed by atoms with van der Waals surface area (Å²) in [5, 5.41) is 10.3. The molecule has 2 atom stereocenters. The predicted molar refractivity (Wildman–Crippen MR) is 85.3 cm³/mol. The first-order valence-corrected chi connectivity index (χ1v) is 7.73. The fourth-order valence-electron chi connectivity index (χ4n) is 2.41. The summed E-state index contributed by atoms with van der Waals surface area (Å²) in [5.41, 5.74) is 0. The van der Waals surface area contributed by atoms with Crippen LogP contribution in [-0.2, 0) is 4.84 Å². The lowest BCUT2D eigenvalue weighted by molar-refractivity contribution is -0.380. The topological polar surface area (TPSA) is 60.7 Å². The van der Waals surface area contributed by atoms with Crippen molar-refractivity contribution >= 4 is 24.7 Å². The number of thiol groups is 1. The van der Waals surface area contributed by atoms with E-state index in [-0.39, 0.29) is 5.84 Å². The number of aliphatic hydroxyl groups is 1. The summed E-state index contributed by atoms with van der Waals surface area (Å²) in [6.45, 7) is -0.415. The molecule has 0 fully saturated rings. The Bertz CT molecular complexity index is 739. The van der Waals surface area contributed by atoms with Crippen molar-refractivity contribution in [3.8, 4) is 0 Å². The molecule has 6 nitrogen and oxygen atoms in total. The van der Waals surface area contributed by atoms with Crippen LogP contribution in [0.2, 0.25) is 0 Å². The maximum atomic E-state index is 14.9. The van der Waals surface area contributed by atoms with Gasteiger partial charge in [0.2, 0.25) is 6.35 Å². The lowest BCUT2D eigenvalue weighted by Gasteiger charge is -2.42. The number of aliphatic imine (C=N–C) groups is 2. The highest BCUT2D eigenvalue weighted by atomic mass is 32.1. The van der Waals surface area contributed by atoms with E-state index in [2.05, 4.69) is 27.5 Å². The van der Waals surface area contributed by atoms with Gasteiger partial charge in [0.05, 0.1) is 4.91 Å². The van der Waals surface area contributed by atoms with E-state index in [1.54, 1.807) is 0 Å². The standard InChI is InChI=1S/C14H13F5N4O2S/c15-12(16)3-2-9(26)13(17,14(12,18)19)25-22-7-5-20-10(8-22)23-6-1-4-21-11(23)24/h1-2,4-7,11,24,26H,3,8H2. The predicted octanol–water partition coefficient (Wildman–Crippen LogP) is 2.43. The fraction of sp³-hybridized carbons (Fsp3) is 0.429. The highest BCUT2D eigenvalue weighted by Crippen LogP contribution is 2.54. The Balaban J connectivity index is 1.81. The Kier molecular flexibility index (Phi) is 4.61. The van der Waals surface area contributed by atoms with Crippen molar-refractivity contribution < 1.29 is 31.9 Å². The minimum absolute atomic E-state index is 0.0623. The van der Waals surface area contributed by atoms with Crippen LogP contribution in [0, 0.1) is 0 Å². The summed E-state index contributed by atoms with van der Waals surface area (Å²) in [6.07, 6.45) is 4.11. The molecule has 26 heavy (non-hydrogen) atoms. The molecule has 0 radical (unpaired) electrons. The Morgan fingerprint density at radius 1 is 1.23 bits per heavy atom. The van der Waals surface area contributed by atoms with Gasteiger partial charge in [-0.05, 0) is 6.08 Å². The molecule has 12 heteroatoms. The monoisotopic (exact) mass is 396 g/mol. The number of hydrogen-bond acceptors (Lipinski definition) is 7. The number of rotatable bonds is 2. The van der Waals surface area contributed by atoms with Gasteiger partial charge in [0, 0.05) is 31.2 Å². The van der Waals surface area contributed by atoms with Crippen molar-refractivity contribution in [2.24, 2.45) is 9.98 Å². The van der Waals surface area contributed by atoms with E-state index >= 15 is 0 Å². The van der Waals surface area contributed by atoms with Gasteiger partial charge in [0.15, 0.2) is 0 Å². The molecule has 2 aliphatic heterocycles. The molecule has 0 aromatic carbocycles. The third-order valence-corrected chi connectivity index (χ3v) is 4.31. The van der Waals surface area contributed by atoms with Crippen LogP contribution in [0.1, 0.15) is 6.42 Å². The minimum Gasteiger partial charge on any atom is -0.355 e. The molecule has 0 aromatic heterocycles. The summed E-state index contributed by atoms with van der Waals surface area (Å²) in [4.78, 5) is 12.4. The van der Waals surface area contributed by atoms with Crippen molar-refractivity contribution in [1.29, 1.82) is 0 Å². The molecule has 1 aliphatic carbocycles. The van der Waals surface area contributed by atoms with E-state index in [1.807, 2.05) is 0 Å². The molecule has 0 saturated carbocycles. The van der Waals surface area contributed by atoms with Crippen LogP contribution in [0.15, 0.2) is 45.6 Å². The lowest BCUT2D eigenvalue weighted by Crippen LogP contribution is -2.61. The number of nitrogens with zero attached hydrogens (tertiary/aromatic N) is 4. The van der Waals surface area contributed by atoms with Gasteiger partial charge in [-0.1, -0.05) is 6.08 Å². The molecule has 3 rings (SSSR count). The second-order valence-electron chi connectivity index (χ2n) is 5.57. The molecule has 0 bridgehead atoms. The van der Waals surface area contributed by atoms with Crippen LogP contribution in [0.4, 0.5) is 22.0 Å². The lowest BCUT2D eigenvalue weighted by atomic mass is 9.94. The first kappa shape index (κ1) is 18.9. The van der Waals surface area contributed by atoms with Gasteiger partial charge in [-0.2, -0.15) is 22.0 Å². The molecule has 2 heterocycles. The smallest absolute Gasteiger partial charge is 0.355 e. The SMILES string of the molecule is OC1N=CC=CN1C1=NC=CN(OC2(F)C(S)=CCC(F)(F)C2(F)F)C1. The van der Waals surface area contributed by atoms with Gasteiger partial charge in [0.1, 0.15) is 12.4 Å². The van der Waals surface area contributed by atoms with E-state index in [4.69, 9.17) is 0 Å². The molecule has 0 spiro atoms. The summed E-state index contributed by atoms with van der Waals surface area (Å²) in [6, 6.07) is 0. The third kappa shape index (κ3) is 2.91. The zero-order valence-corrected chi connectivity index (χ0v) is 13.8. The van der Waals surface area contributed by atoms with Crippen molar-refractivity contribution in [3.05, 3.63) is 35.7 Å². The first-order chi connectivity index (χ1) is 12.1. The Labute approximate surface area is 150 Å². The molecule has 0 amide bonds. The van der Waals surface area contributed by atoms with Crippen LogP contribution >= 0.6 is 12.6 Å².